The topological polar surface area (TPSA) is 38.0 Å². The van der Waals surface area contributed by atoms with Crippen LogP contribution in [-0.4, -0.2) is 29.6 Å². The molecule has 0 aromatic carbocycles. The molecule has 1 heterocycles. The Morgan fingerprint density at radius 1 is 1.43 bits per heavy atom. The number of rotatable bonds is 3. The van der Waals surface area contributed by atoms with E-state index in [1.54, 1.807) is 0 Å². The molecule has 1 saturated heterocycles. The minimum Gasteiger partial charge on any atom is -0.329 e. The van der Waals surface area contributed by atoms with Gasteiger partial charge in [0.15, 0.2) is 0 Å². The number of hydrogen-bond donors (Lipinski definition) is 2. The maximum absolute atomic E-state index is 5.99. The van der Waals surface area contributed by atoms with Crippen molar-refractivity contribution in [2.45, 2.75) is 45.7 Å². The van der Waals surface area contributed by atoms with Gasteiger partial charge in [0.2, 0.25) is 0 Å². The molecule has 1 atom stereocenters. The largest absolute Gasteiger partial charge is 0.329 e. The number of hydrogen-bond acceptors (Lipinski definition) is 3. The third-order valence-electron chi connectivity index (χ3n) is 3.43. The van der Waals surface area contributed by atoms with Gasteiger partial charge in [0.25, 0.3) is 0 Å². The van der Waals surface area contributed by atoms with Crippen molar-refractivity contribution in [3.63, 3.8) is 0 Å². The summed E-state index contributed by atoms with van der Waals surface area (Å²) in [5.74, 6) is 2.42. The van der Waals surface area contributed by atoms with Crippen LogP contribution in [-0.2, 0) is 0 Å². The van der Waals surface area contributed by atoms with Gasteiger partial charge in [-0.05, 0) is 17.6 Å². The Labute approximate surface area is 92.4 Å². The summed E-state index contributed by atoms with van der Waals surface area (Å²) in [5.41, 5.74) is 6.43. The third-order valence-corrected chi connectivity index (χ3v) is 4.62. The SMILES string of the molecule is CC(C)NC1(CN)CSCCC1(C)C. The lowest BCUT2D eigenvalue weighted by atomic mass is 9.70. The zero-order valence-electron chi connectivity index (χ0n) is 9.89. The van der Waals surface area contributed by atoms with Crippen LogP contribution in [0.4, 0.5) is 0 Å². The van der Waals surface area contributed by atoms with Crippen LogP contribution in [0.1, 0.15) is 34.1 Å². The van der Waals surface area contributed by atoms with E-state index in [1.807, 2.05) is 11.8 Å². The van der Waals surface area contributed by atoms with Gasteiger partial charge in [0.05, 0.1) is 0 Å². The summed E-state index contributed by atoms with van der Waals surface area (Å²) in [6, 6.07) is 0.511. The Morgan fingerprint density at radius 2 is 2.07 bits per heavy atom. The van der Waals surface area contributed by atoms with E-state index in [1.165, 1.54) is 12.2 Å². The summed E-state index contributed by atoms with van der Waals surface area (Å²) in [6.07, 6.45) is 1.26. The summed E-state index contributed by atoms with van der Waals surface area (Å²) < 4.78 is 0. The average Bonchev–Trinajstić information content (AvgIpc) is 2.08. The van der Waals surface area contributed by atoms with Gasteiger partial charge >= 0.3 is 0 Å². The van der Waals surface area contributed by atoms with Gasteiger partial charge in [-0.2, -0.15) is 11.8 Å². The monoisotopic (exact) mass is 216 g/mol. The van der Waals surface area contributed by atoms with Crippen molar-refractivity contribution in [2.24, 2.45) is 11.1 Å². The van der Waals surface area contributed by atoms with E-state index < -0.39 is 0 Å². The molecule has 1 aliphatic heterocycles. The van der Waals surface area contributed by atoms with Gasteiger partial charge in [-0.15, -0.1) is 0 Å². The van der Waals surface area contributed by atoms with Gasteiger partial charge in [-0.3, -0.25) is 0 Å². The molecule has 3 heteroatoms. The van der Waals surface area contributed by atoms with Gasteiger partial charge in [-0.25, -0.2) is 0 Å². The van der Waals surface area contributed by atoms with E-state index in [2.05, 4.69) is 33.0 Å². The first-order chi connectivity index (χ1) is 6.43. The molecular weight excluding hydrogens is 192 g/mol. The van der Waals surface area contributed by atoms with Crippen molar-refractivity contribution in [1.29, 1.82) is 0 Å². The van der Waals surface area contributed by atoms with E-state index >= 15 is 0 Å². The summed E-state index contributed by atoms with van der Waals surface area (Å²) in [7, 11) is 0. The van der Waals surface area contributed by atoms with Crippen molar-refractivity contribution in [1.82, 2.24) is 5.32 Å². The lowest BCUT2D eigenvalue weighted by molar-refractivity contribution is 0.127. The van der Waals surface area contributed by atoms with E-state index in [9.17, 15) is 0 Å². The molecule has 1 rings (SSSR count). The van der Waals surface area contributed by atoms with Crippen LogP contribution < -0.4 is 11.1 Å². The Bertz CT molecular complexity index is 192. The van der Waals surface area contributed by atoms with Gasteiger partial charge < -0.3 is 11.1 Å². The molecule has 0 aliphatic carbocycles. The molecule has 84 valence electrons. The van der Waals surface area contributed by atoms with Crippen LogP contribution in [0.25, 0.3) is 0 Å². The predicted octanol–water partition coefficient (Wildman–Crippen LogP) is 1.84. The number of nitrogens with one attached hydrogen (secondary N) is 1. The summed E-state index contributed by atoms with van der Waals surface area (Å²) >= 11 is 2.03. The second-order valence-electron chi connectivity index (χ2n) is 5.27. The first kappa shape index (κ1) is 12.3. The van der Waals surface area contributed by atoms with Crippen molar-refractivity contribution in [3.05, 3.63) is 0 Å². The van der Waals surface area contributed by atoms with Crippen molar-refractivity contribution in [2.75, 3.05) is 18.1 Å². The maximum Gasteiger partial charge on any atom is 0.0449 e. The molecule has 0 aromatic heterocycles. The summed E-state index contributed by atoms with van der Waals surface area (Å²) in [6.45, 7) is 9.83. The first-order valence-electron chi connectivity index (χ1n) is 5.49. The highest BCUT2D eigenvalue weighted by atomic mass is 32.2. The number of thioether (sulfide) groups is 1. The van der Waals surface area contributed by atoms with Gasteiger partial charge in [0, 0.05) is 23.9 Å². The van der Waals surface area contributed by atoms with Gasteiger partial charge in [0.1, 0.15) is 0 Å². The van der Waals surface area contributed by atoms with E-state index in [-0.39, 0.29) is 5.54 Å². The molecule has 3 N–H and O–H groups in total. The molecule has 0 radical (unpaired) electrons. The minimum absolute atomic E-state index is 0.129. The second kappa shape index (κ2) is 4.42. The highest BCUT2D eigenvalue weighted by Crippen LogP contribution is 2.41. The fraction of sp³-hybridized carbons (Fsp3) is 1.00. The van der Waals surface area contributed by atoms with Crippen LogP contribution >= 0.6 is 11.8 Å². The Morgan fingerprint density at radius 3 is 2.50 bits per heavy atom. The lowest BCUT2D eigenvalue weighted by Crippen LogP contribution is -2.65. The fourth-order valence-electron chi connectivity index (χ4n) is 2.19. The van der Waals surface area contributed by atoms with E-state index in [0.717, 1.165) is 12.3 Å². The second-order valence-corrected chi connectivity index (χ2v) is 6.38. The normalized spacial score (nSPS) is 32.1. The standard InChI is InChI=1S/C11H24N2S/c1-9(2)13-11(7-12)8-14-6-5-10(11,3)4/h9,13H,5-8,12H2,1-4H3. The smallest absolute Gasteiger partial charge is 0.0449 e. The van der Waals surface area contributed by atoms with Crippen LogP contribution in [0.5, 0.6) is 0 Å². The van der Waals surface area contributed by atoms with Crippen molar-refractivity contribution in [3.8, 4) is 0 Å². The van der Waals surface area contributed by atoms with Crippen molar-refractivity contribution < 1.29 is 0 Å². The molecular formula is C11H24N2S. The van der Waals surface area contributed by atoms with Crippen LogP contribution in [0.3, 0.4) is 0 Å². The van der Waals surface area contributed by atoms with Crippen LogP contribution in [0.15, 0.2) is 0 Å². The molecule has 0 saturated carbocycles. The number of nitrogens with two attached hydrogens (primary N) is 1. The summed E-state index contributed by atoms with van der Waals surface area (Å²) in [4.78, 5) is 0. The molecule has 1 unspecified atom stereocenters. The molecule has 0 aromatic rings. The lowest BCUT2D eigenvalue weighted by Gasteiger charge is -2.51. The van der Waals surface area contributed by atoms with Crippen LogP contribution in [0.2, 0.25) is 0 Å². The molecule has 0 bridgehead atoms. The highest BCUT2D eigenvalue weighted by Gasteiger charge is 2.45. The third kappa shape index (κ3) is 2.26. The van der Waals surface area contributed by atoms with Gasteiger partial charge in [-0.1, -0.05) is 27.7 Å². The fourth-order valence-corrected chi connectivity index (χ4v) is 3.93. The summed E-state index contributed by atoms with van der Waals surface area (Å²) in [5, 5.41) is 3.69. The molecule has 1 aliphatic rings. The average molecular weight is 216 g/mol. The molecule has 14 heavy (non-hydrogen) atoms. The van der Waals surface area contributed by atoms with E-state index in [4.69, 9.17) is 5.73 Å². The first-order valence-corrected chi connectivity index (χ1v) is 6.64. The molecule has 1 fully saturated rings. The molecule has 0 amide bonds. The molecule has 0 spiro atoms. The van der Waals surface area contributed by atoms with Crippen LogP contribution in [0, 0.1) is 5.41 Å². The Balaban J connectivity index is 2.82. The zero-order chi connectivity index (χ0) is 10.8. The zero-order valence-corrected chi connectivity index (χ0v) is 10.7. The minimum atomic E-state index is 0.129. The highest BCUT2D eigenvalue weighted by molar-refractivity contribution is 7.99. The predicted molar refractivity (Wildman–Crippen MR) is 65.8 cm³/mol. The maximum atomic E-state index is 5.99. The molecule has 2 nitrogen and oxygen atoms in total. The van der Waals surface area contributed by atoms with Crippen molar-refractivity contribution >= 4 is 11.8 Å². The van der Waals surface area contributed by atoms with E-state index in [0.29, 0.717) is 11.5 Å². The Hall–Kier alpha value is 0.270. The quantitative estimate of drug-likeness (QED) is 0.756. The Kier molecular flexibility index (Phi) is 3.89.